The third-order valence-corrected chi connectivity index (χ3v) is 4.59. The fourth-order valence-electron chi connectivity index (χ4n) is 2.78. The Balaban J connectivity index is 2.20. The van der Waals surface area contributed by atoms with Crippen LogP contribution in [0.15, 0.2) is 50.4 Å². The lowest BCUT2D eigenvalue weighted by atomic mass is 10.1. The summed E-state index contributed by atoms with van der Waals surface area (Å²) in [6.45, 7) is 3.97. The number of hydrogen-bond donors (Lipinski definition) is 5. The van der Waals surface area contributed by atoms with Crippen molar-refractivity contribution in [2.24, 2.45) is 10.2 Å². The second kappa shape index (κ2) is 6.50. The van der Waals surface area contributed by atoms with E-state index in [9.17, 15) is 5.11 Å². The van der Waals surface area contributed by atoms with E-state index in [-0.39, 0.29) is 17.1 Å². The first-order valence-electron chi connectivity index (χ1n) is 7.53. The van der Waals surface area contributed by atoms with Gasteiger partial charge in [0.05, 0.1) is 22.4 Å². The van der Waals surface area contributed by atoms with Crippen molar-refractivity contribution in [2.45, 2.75) is 23.6 Å². The normalized spacial score (nSPS) is 11.5. The van der Waals surface area contributed by atoms with Crippen LogP contribution in [0, 0.1) is 13.8 Å². The summed E-state index contributed by atoms with van der Waals surface area (Å²) in [6.07, 6.45) is 0. The first-order chi connectivity index (χ1) is 11.8. The molecule has 5 nitrogen and oxygen atoms in total. The molecule has 7 heteroatoms. The number of hydrogen-bond acceptors (Lipinski definition) is 7. The van der Waals surface area contributed by atoms with Gasteiger partial charge in [0.15, 0.2) is 5.75 Å². The molecule has 0 aliphatic rings. The number of phenolic OH excluding ortho intramolecular Hbond substituents is 1. The van der Waals surface area contributed by atoms with Crippen molar-refractivity contribution in [2.75, 3.05) is 11.5 Å². The maximum atomic E-state index is 10.7. The maximum Gasteiger partial charge on any atom is 0.154 e. The van der Waals surface area contributed by atoms with Gasteiger partial charge in [0.2, 0.25) is 0 Å². The van der Waals surface area contributed by atoms with Crippen molar-refractivity contribution in [1.29, 1.82) is 0 Å². The summed E-state index contributed by atoms with van der Waals surface area (Å²) in [4.78, 5) is 1.07. The van der Waals surface area contributed by atoms with E-state index < -0.39 is 0 Å². The average Bonchev–Trinajstić information content (AvgIpc) is 2.51. The quantitative estimate of drug-likeness (QED) is 0.240. The molecule has 0 bridgehead atoms. The van der Waals surface area contributed by atoms with Gasteiger partial charge in [-0.05, 0) is 49.2 Å². The Morgan fingerprint density at radius 2 is 1.52 bits per heavy atom. The molecule has 25 heavy (non-hydrogen) atoms. The SMILES string of the molecule is Cc1cc(C)cc(/N=N/c2c(S)cc3c(S)cc(N)c(N)c3c2O)c1. The molecule has 128 valence electrons. The van der Waals surface area contributed by atoms with Crippen LogP contribution in [-0.4, -0.2) is 5.11 Å². The molecule has 0 fully saturated rings. The minimum atomic E-state index is -0.115. The predicted octanol–water partition coefficient (Wildman–Crippen LogP) is 5.32. The molecule has 0 amide bonds. The molecule has 5 N–H and O–H groups in total. The maximum absolute atomic E-state index is 10.7. The Kier molecular flexibility index (Phi) is 4.53. The largest absolute Gasteiger partial charge is 0.505 e. The molecule has 3 rings (SSSR count). The van der Waals surface area contributed by atoms with E-state index in [1.165, 1.54) is 0 Å². The molecule has 0 aromatic heterocycles. The Labute approximate surface area is 156 Å². The van der Waals surface area contributed by atoms with Crippen molar-refractivity contribution in [3.8, 4) is 5.75 Å². The number of fused-ring (bicyclic) bond motifs is 1. The monoisotopic (exact) mass is 370 g/mol. The number of rotatable bonds is 2. The molecule has 3 aromatic carbocycles. The minimum absolute atomic E-state index is 0.115. The Bertz CT molecular complexity index is 1010. The summed E-state index contributed by atoms with van der Waals surface area (Å²) in [5, 5.41) is 20.1. The highest BCUT2D eigenvalue weighted by molar-refractivity contribution is 7.80. The van der Waals surface area contributed by atoms with Crippen LogP contribution in [0.2, 0.25) is 0 Å². The van der Waals surface area contributed by atoms with E-state index in [2.05, 4.69) is 35.5 Å². The van der Waals surface area contributed by atoms with Gasteiger partial charge in [-0.15, -0.1) is 30.4 Å². The molecule has 0 saturated heterocycles. The van der Waals surface area contributed by atoms with Gasteiger partial charge < -0.3 is 16.6 Å². The fourth-order valence-corrected chi connectivity index (χ4v) is 3.38. The molecule has 0 unspecified atom stereocenters. The Morgan fingerprint density at radius 3 is 2.16 bits per heavy atom. The second-order valence-electron chi connectivity index (χ2n) is 5.96. The zero-order valence-electron chi connectivity index (χ0n) is 13.8. The number of nitrogens with two attached hydrogens (primary N) is 2. The van der Waals surface area contributed by atoms with Crippen molar-refractivity contribution in [3.63, 3.8) is 0 Å². The van der Waals surface area contributed by atoms with Crippen LogP contribution in [0.5, 0.6) is 5.75 Å². The van der Waals surface area contributed by atoms with E-state index in [1.54, 1.807) is 12.1 Å². The smallest absolute Gasteiger partial charge is 0.154 e. The number of aromatic hydroxyl groups is 1. The van der Waals surface area contributed by atoms with Gasteiger partial charge in [0.25, 0.3) is 0 Å². The second-order valence-corrected chi connectivity index (χ2v) is 6.92. The molecule has 0 spiro atoms. The summed E-state index contributed by atoms with van der Waals surface area (Å²) >= 11 is 8.81. The number of phenols is 1. The highest BCUT2D eigenvalue weighted by Crippen LogP contribution is 2.46. The van der Waals surface area contributed by atoms with Crippen LogP contribution in [0.4, 0.5) is 22.7 Å². The van der Waals surface area contributed by atoms with Crippen LogP contribution < -0.4 is 11.5 Å². The van der Waals surface area contributed by atoms with Crippen molar-refractivity contribution in [1.82, 2.24) is 0 Å². The fraction of sp³-hybridized carbons (Fsp3) is 0.111. The minimum Gasteiger partial charge on any atom is -0.505 e. The lowest BCUT2D eigenvalue weighted by molar-refractivity contribution is 0.481. The van der Waals surface area contributed by atoms with E-state index in [0.29, 0.717) is 31.9 Å². The van der Waals surface area contributed by atoms with Crippen LogP contribution >= 0.6 is 25.3 Å². The molecular formula is C18H18N4OS2. The number of anilines is 2. The summed E-state index contributed by atoms with van der Waals surface area (Å²) in [6, 6.07) is 9.25. The standard InChI is InChI=1S/C18H18N4OS2/c1-8-3-9(2)5-10(4-8)21-22-17-14(25)6-11-13(24)7-12(19)16(20)15(11)18(17)23/h3-7,23-25H,19-20H2,1-2H3/b22-21+. The van der Waals surface area contributed by atoms with E-state index in [1.807, 2.05) is 32.0 Å². The predicted molar refractivity (Wildman–Crippen MR) is 109 cm³/mol. The van der Waals surface area contributed by atoms with Crippen LogP contribution in [0.25, 0.3) is 10.8 Å². The molecule has 0 aliphatic carbocycles. The summed E-state index contributed by atoms with van der Waals surface area (Å²) in [7, 11) is 0. The number of nitrogens with zero attached hydrogens (tertiary/aromatic N) is 2. The zero-order valence-corrected chi connectivity index (χ0v) is 15.6. The Hall–Kier alpha value is -2.38. The summed E-state index contributed by atoms with van der Waals surface area (Å²) in [5.74, 6) is -0.115. The molecule has 0 radical (unpaired) electrons. The van der Waals surface area contributed by atoms with Gasteiger partial charge in [-0.1, -0.05) is 6.07 Å². The van der Waals surface area contributed by atoms with E-state index in [4.69, 9.17) is 11.5 Å². The molecule has 0 saturated carbocycles. The molecule has 0 atom stereocenters. The first kappa shape index (κ1) is 17.4. The van der Waals surface area contributed by atoms with Crippen LogP contribution in [0.3, 0.4) is 0 Å². The highest BCUT2D eigenvalue weighted by Gasteiger charge is 2.16. The average molecular weight is 371 g/mol. The number of aryl methyl sites for hydroxylation is 2. The van der Waals surface area contributed by atoms with Gasteiger partial charge in [-0.2, -0.15) is 5.11 Å². The third-order valence-electron chi connectivity index (χ3n) is 3.87. The van der Waals surface area contributed by atoms with Gasteiger partial charge in [-0.3, -0.25) is 0 Å². The lowest BCUT2D eigenvalue weighted by Crippen LogP contribution is -1.96. The van der Waals surface area contributed by atoms with Gasteiger partial charge >= 0.3 is 0 Å². The number of nitrogen functional groups attached to an aromatic ring is 2. The topological polar surface area (TPSA) is 97.0 Å². The van der Waals surface area contributed by atoms with Gasteiger partial charge in [-0.25, -0.2) is 0 Å². The molecule has 3 aromatic rings. The third kappa shape index (κ3) is 3.25. The van der Waals surface area contributed by atoms with E-state index in [0.717, 1.165) is 11.1 Å². The van der Waals surface area contributed by atoms with Crippen molar-refractivity contribution >= 4 is 58.8 Å². The highest BCUT2D eigenvalue weighted by atomic mass is 32.1. The summed E-state index contributed by atoms with van der Waals surface area (Å²) < 4.78 is 0. The lowest BCUT2D eigenvalue weighted by Gasteiger charge is -2.12. The zero-order chi connectivity index (χ0) is 18.3. The van der Waals surface area contributed by atoms with Gasteiger partial charge in [0, 0.05) is 15.2 Å². The van der Waals surface area contributed by atoms with Crippen molar-refractivity contribution in [3.05, 3.63) is 41.5 Å². The van der Waals surface area contributed by atoms with Crippen LogP contribution in [0.1, 0.15) is 11.1 Å². The molecule has 0 heterocycles. The molecular weight excluding hydrogens is 352 g/mol. The number of azo groups is 1. The Morgan fingerprint density at radius 1 is 0.880 bits per heavy atom. The number of thiol groups is 2. The molecule has 0 aliphatic heterocycles. The van der Waals surface area contributed by atoms with Crippen molar-refractivity contribution < 1.29 is 5.11 Å². The van der Waals surface area contributed by atoms with Crippen LogP contribution in [-0.2, 0) is 0 Å². The first-order valence-corrected chi connectivity index (χ1v) is 8.43. The van der Waals surface area contributed by atoms with E-state index >= 15 is 0 Å². The number of benzene rings is 3. The summed E-state index contributed by atoms with van der Waals surface area (Å²) in [5.41, 5.74) is 15.6. The van der Waals surface area contributed by atoms with Gasteiger partial charge in [0.1, 0.15) is 5.69 Å².